The molecule has 2 atom stereocenters. The highest BCUT2D eigenvalue weighted by atomic mass is 35.5. The minimum absolute atomic E-state index is 0.0701. The summed E-state index contributed by atoms with van der Waals surface area (Å²) in [6.07, 6.45) is 1.11. The van der Waals surface area contributed by atoms with Gasteiger partial charge in [0.2, 0.25) is 11.9 Å². The van der Waals surface area contributed by atoms with Crippen molar-refractivity contribution < 1.29 is 23.1 Å². The number of hydrogen-bond acceptors (Lipinski definition) is 8. The molecule has 1 saturated heterocycles. The Labute approximate surface area is 253 Å². The number of piperidine rings is 1. The van der Waals surface area contributed by atoms with Crippen LogP contribution in [0.25, 0.3) is 21.5 Å². The van der Waals surface area contributed by atoms with Crippen LogP contribution in [-0.4, -0.2) is 71.8 Å². The number of benzene rings is 1. The summed E-state index contributed by atoms with van der Waals surface area (Å²) in [6.45, 7) is 0.141. The normalized spacial score (nSPS) is 18.9. The van der Waals surface area contributed by atoms with Gasteiger partial charge in [0.25, 0.3) is 12.0 Å². The topological polar surface area (TPSA) is 118 Å². The van der Waals surface area contributed by atoms with Crippen molar-refractivity contribution in [3.63, 3.8) is 0 Å². The van der Waals surface area contributed by atoms with Crippen molar-refractivity contribution in [2.24, 2.45) is 0 Å². The van der Waals surface area contributed by atoms with E-state index in [1.54, 1.807) is 0 Å². The quantitative estimate of drug-likeness (QED) is 0.301. The minimum atomic E-state index is -2.92. The van der Waals surface area contributed by atoms with Crippen LogP contribution in [0.4, 0.5) is 13.2 Å². The van der Waals surface area contributed by atoms with Crippen LogP contribution in [0.5, 0.6) is 0 Å². The van der Waals surface area contributed by atoms with E-state index in [9.17, 15) is 27.9 Å². The highest BCUT2D eigenvalue weighted by Crippen LogP contribution is 2.43. The number of rotatable bonds is 8. The van der Waals surface area contributed by atoms with Gasteiger partial charge in [0, 0.05) is 37.0 Å². The maximum absolute atomic E-state index is 13.6. The number of halogens is 4. The highest BCUT2D eigenvalue weighted by molar-refractivity contribution is 7.11. The third kappa shape index (κ3) is 5.56. The predicted molar refractivity (Wildman–Crippen MR) is 155 cm³/mol. The number of alkyl halides is 2. The van der Waals surface area contributed by atoms with E-state index < -0.39 is 41.9 Å². The van der Waals surface area contributed by atoms with E-state index in [2.05, 4.69) is 25.8 Å². The molecule has 10 nitrogen and oxygen atoms in total. The van der Waals surface area contributed by atoms with Gasteiger partial charge in [-0.2, -0.15) is 8.76 Å². The molecule has 2 aliphatic rings. The van der Waals surface area contributed by atoms with E-state index >= 15 is 0 Å². The van der Waals surface area contributed by atoms with Crippen molar-refractivity contribution in [3.05, 3.63) is 63.2 Å². The predicted octanol–water partition coefficient (Wildman–Crippen LogP) is 3.97. The number of aliphatic hydroxyl groups is 1. The first-order valence-corrected chi connectivity index (χ1v) is 15.1. The summed E-state index contributed by atoms with van der Waals surface area (Å²) in [7, 11) is 1.90. The van der Waals surface area contributed by atoms with Gasteiger partial charge in [-0.15, -0.1) is 5.10 Å². The van der Waals surface area contributed by atoms with Crippen LogP contribution in [0.15, 0.2) is 35.5 Å². The molecule has 1 aliphatic carbocycles. The first-order chi connectivity index (χ1) is 20.6. The van der Waals surface area contributed by atoms with E-state index in [1.807, 2.05) is 13.1 Å². The zero-order valence-electron chi connectivity index (χ0n) is 23.1. The Kier molecular flexibility index (Phi) is 8.05. The molecule has 1 aliphatic heterocycles. The fourth-order valence-electron chi connectivity index (χ4n) is 6.04. The Morgan fingerprint density at radius 1 is 1.26 bits per heavy atom. The van der Waals surface area contributed by atoms with Crippen molar-refractivity contribution in [1.82, 2.24) is 33.9 Å². The maximum Gasteiger partial charge on any atom is 0.281 e. The molecule has 15 heteroatoms. The van der Waals surface area contributed by atoms with E-state index in [1.165, 1.54) is 21.4 Å². The summed E-state index contributed by atoms with van der Waals surface area (Å²) in [6, 6.07) is 3.49. The smallest absolute Gasteiger partial charge is 0.281 e. The van der Waals surface area contributed by atoms with Crippen molar-refractivity contribution in [2.75, 3.05) is 20.1 Å². The molecule has 6 rings (SSSR count). The lowest BCUT2D eigenvalue weighted by Gasteiger charge is -2.38. The van der Waals surface area contributed by atoms with E-state index in [0.29, 0.717) is 15.4 Å². The molecular weight excluding hydrogens is 607 g/mol. The SMILES string of the molecule is CNC1CCc2ccc(-c3snc4c(=O)n(CC5(O)CCN(C(=O)CC(C(F)F)n6ccc(F)n6)CC5)cnc34)c(Cl)c21. The molecule has 1 aromatic carbocycles. The monoisotopic (exact) mass is 635 g/mol. The van der Waals surface area contributed by atoms with Crippen LogP contribution < -0.4 is 10.9 Å². The Morgan fingerprint density at radius 3 is 2.70 bits per heavy atom. The van der Waals surface area contributed by atoms with Gasteiger partial charge in [0.05, 0.1) is 34.8 Å². The summed E-state index contributed by atoms with van der Waals surface area (Å²) in [5.41, 5.74) is 1.90. The Balaban J connectivity index is 1.16. The third-order valence-electron chi connectivity index (χ3n) is 8.47. The zero-order chi connectivity index (χ0) is 30.5. The number of nitrogens with zero attached hydrogens (tertiary/aromatic N) is 6. The molecule has 1 fully saturated rings. The third-order valence-corrected chi connectivity index (χ3v) is 9.75. The second-order valence-electron chi connectivity index (χ2n) is 11.1. The second-order valence-corrected chi connectivity index (χ2v) is 12.2. The van der Waals surface area contributed by atoms with Crippen LogP contribution >= 0.6 is 23.1 Å². The van der Waals surface area contributed by atoms with Crippen molar-refractivity contribution >= 4 is 40.1 Å². The van der Waals surface area contributed by atoms with Gasteiger partial charge in [0.1, 0.15) is 11.6 Å². The van der Waals surface area contributed by atoms with E-state index in [-0.39, 0.29) is 44.0 Å². The number of likely N-dealkylation sites (tertiary alicyclic amines) is 1. The molecule has 0 spiro atoms. The summed E-state index contributed by atoms with van der Waals surface area (Å²) in [4.78, 5) is 32.8. The molecule has 4 heterocycles. The van der Waals surface area contributed by atoms with Gasteiger partial charge >= 0.3 is 0 Å². The molecule has 3 aromatic heterocycles. The number of aromatic nitrogens is 5. The van der Waals surface area contributed by atoms with Crippen LogP contribution in [0, 0.1) is 5.95 Å². The summed E-state index contributed by atoms with van der Waals surface area (Å²) in [5, 5.41) is 18.6. The van der Waals surface area contributed by atoms with E-state index in [4.69, 9.17) is 11.6 Å². The molecule has 4 aromatic rings. The highest BCUT2D eigenvalue weighted by Gasteiger charge is 2.37. The molecule has 43 heavy (non-hydrogen) atoms. The number of hydrogen-bond donors (Lipinski definition) is 2. The van der Waals surface area contributed by atoms with Gasteiger partial charge in [-0.25, -0.2) is 13.8 Å². The molecule has 0 radical (unpaired) electrons. The zero-order valence-corrected chi connectivity index (χ0v) is 24.7. The molecule has 0 bridgehead atoms. The number of aryl methyl sites for hydroxylation is 1. The standard InChI is InChI=1S/C28H29ClF3N7O3S/c1-33-17-5-3-15-2-4-16(22(29)21(15)17)25-23-24(36-43-25)27(41)38(14-34-23)13-28(42)7-10-37(11-8-28)20(40)12-18(26(31)32)39-9-6-19(30)35-39/h2,4,6,9,14,17-18,26,33,42H,3,5,7-8,10-13H2,1H3. The summed E-state index contributed by atoms with van der Waals surface area (Å²) >= 11 is 8.00. The number of amides is 1. The first kappa shape index (κ1) is 29.7. The molecule has 0 saturated carbocycles. The lowest BCUT2D eigenvalue weighted by Crippen LogP contribution is -2.50. The minimum Gasteiger partial charge on any atom is -0.388 e. The second kappa shape index (κ2) is 11.6. The fourth-order valence-corrected chi connectivity index (χ4v) is 7.36. The average Bonchev–Trinajstić information content (AvgIpc) is 3.72. The van der Waals surface area contributed by atoms with Crippen LogP contribution in [-0.2, 0) is 17.8 Å². The Bertz CT molecular complexity index is 1730. The number of carbonyl (C=O) groups is 1. The molecular formula is C28H29ClF3N7O3S. The van der Waals surface area contributed by atoms with Crippen molar-refractivity contribution in [3.8, 4) is 10.4 Å². The fraction of sp³-hybridized carbons (Fsp3) is 0.464. The first-order valence-electron chi connectivity index (χ1n) is 13.9. The largest absolute Gasteiger partial charge is 0.388 e. The van der Waals surface area contributed by atoms with Gasteiger partial charge in [-0.05, 0) is 55.4 Å². The average molecular weight is 636 g/mol. The lowest BCUT2D eigenvalue weighted by atomic mass is 9.91. The Hall–Kier alpha value is -3.33. The number of fused-ring (bicyclic) bond motifs is 2. The van der Waals surface area contributed by atoms with Crippen molar-refractivity contribution in [1.29, 1.82) is 0 Å². The number of carbonyl (C=O) groups excluding carboxylic acids is 1. The summed E-state index contributed by atoms with van der Waals surface area (Å²) in [5.74, 6) is -1.46. The summed E-state index contributed by atoms with van der Waals surface area (Å²) < 4.78 is 46.9. The number of nitrogens with one attached hydrogen (secondary N) is 1. The van der Waals surface area contributed by atoms with Gasteiger partial charge in [0.15, 0.2) is 5.52 Å². The van der Waals surface area contributed by atoms with Crippen molar-refractivity contribution in [2.45, 2.75) is 62.8 Å². The Morgan fingerprint density at radius 2 is 2.02 bits per heavy atom. The van der Waals surface area contributed by atoms with E-state index in [0.717, 1.165) is 52.4 Å². The molecule has 2 unspecified atom stereocenters. The molecule has 1 amide bonds. The van der Waals surface area contributed by atoms with Crippen LogP contribution in [0.1, 0.15) is 48.9 Å². The molecule has 228 valence electrons. The van der Waals surface area contributed by atoms with Crippen LogP contribution in [0.3, 0.4) is 0 Å². The van der Waals surface area contributed by atoms with Gasteiger partial charge in [-0.3, -0.25) is 18.8 Å². The van der Waals surface area contributed by atoms with Gasteiger partial charge in [-0.1, -0.05) is 23.7 Å². The van der Waals surface area contributed by atoms with Crippen LogP contribution in [0.2, 0.25) is 5.02 Å². The lowest BCUT2D eigenvalue weighted by molar-refractivity contribution is -0.138. The molecule has 2 N–H and O–H groups in total. The maximum atomic E-state index is 13.6. The van der Waals surface area contributed by atoms with Gasteiger partial charge < -0.3 is 15.3 Å².